The van der Waals surface area contributed by atoms with Crippen molar-refractivity contribution in [3.63, 3.8) is 0 Å². The molecule has 25 heavy (non-hydrogen) atoms. The van der Waals surface area contributed by atoms with Gasteiger partial charge in [-0.25, -0.2) is 0 Å². The number of esters is 1. The van der Waals surface area contributed by atoms with Crippen LogP contribution in [0.5, 0.6) is 5.75 Å². The predicted octanol–water partition coefficient (Wildman–Crippen LogP) is 7.53. The van der Waals surface area contributed by atoms with Crippen molar-refractivity contribution < 1.29 is 9.53 Å². The van der Waals surface area contributed by atoms with Crippen molar-refractivity contribution in [3.8, 4) is 5.75 Å². The molecule has 1 aromatic rings. The van der Waals surface area contributed by atoms with Crippen molar-refractivity contribution in [1.29, 1.82) is 0 Å². The number of ether oxygens (including phenoxy) is 1. The molecule has 0 heterocycles. The van der Waals surface area contributed by atoms with Gasteiger partial charge in [-0.2, -0.15) is 0 Å². The Hall–Kier alpha value is -0.580. The zero-order chi connectivity index (χ0) is 18.3. The molecule has 0 aliphatic heterocycles. The number of carbonyl (C=O) groups is 1. The van der Waals surface area contributed by atoms with E-state index in [9.17, 15) is 4.79 Å². The van der Waals surface area contributed by atoms with Gasteiger partial charge in [0.1, 0.15) is 5.75 Å². The average molecular weight is 458 g/mol. The quantitative estimate of drug-likeness (QED) is 0.125. The largest absolute Gasteiger partial charge is 0.427 e. The molecule has 0 saturated heterocycles. The van der Waals surface area contributed by atoms with E-state index in [4.69, 9.17) is 4.74 Å². The zero-order valence-electron chi connectivity index (χ0n) is 16.1. The van der Waals surface area contributed by atoms with E-state index in [-0.39, 0.29) is 5.97 Å². The highest BCUT2D eigenvalue weighted by molar-refractivity contribution is 14.1. The minimum atomic E-state index is -0.110. The Kier molecular flexibility index (Phi) is 13.1. The summed E-state index contributed by atoms with van der Waals surface area (Å²) in [7, 11) is 0. The smallest absolute Gasteiger partial charge is 0.311 e. The Bertz CT molecular complexity index is 456. The normalized spacial score (nSPS) is 12.1. The summed E-state index contributed by atoms with van der Waals surface area (Å²) in [4.78, 5) is 12.0. The fraction of sp³-hybridized carbons (Fsp3) is 0.682. The molecule has 3 heteroatoms. The van der Waals surface area contributed by atoms with Gasteiger partial charge in [-0.05, 0) is 52.8 Å². The second-order valence-electron chi connectivity index (χ2n) is 7.21. The molecule has 0 N–H and O–H groups in total. The number of unbranched alkanes of at least 4 members (excludes halogenated alkanes) is 9. The van der Waals surface area contributed by atoms with Gasteiger partial charge in [0.15, 0.2) is 0 Å². The Balaban J connectivity index is 1.98. The number of benzene rings is 1. The highest BCUT2D eigenvalue weighted by Gasteiger charge is 2.11. The van der Waals surface area contributed by atoms with Crippen LogP contribution in [0.4, 0.5) is 0 Å². The molecular weight excluding hydrogens is 423 g/mol. The van der Waals surface area contributed by atoms with Crippen LogP contribution < -0.4 is 4.74 Å². The first-order valence-electron chi connectivity index (χ1n) is 10.1. The maximum Gasteiger partial charge on any atom is 0.311 e. The molecule has 0 radical (unpaired) electrons. The van der Waals surface area contributed by atoms with Crippen LogP contribution in [0.15, 0.2) is 24.3 Å². The molecule has 0 aliphatic rings. The van der Waals surface area contributed by atoms with Gasteiger partial charge in [-0.1, -0.05) is 84.5 Å². The molecule has 0 saturated carbocycles. The molecule has 1 aromatic carbocycles. The third-order valence-corrected chi connectivity index (χ3v) is 5.33. The van der Waals surface area contributed by atoms with Crippen molar-refractivity contribution >= 4 is 28.6 Å². The second-order valence-corrected chi connectivity index (χ2v) is 8.45. The van der Waals surface area contributed by atoms with Crippen molar-refractivity contribution in [2.45, 2.75) is 90.9 Å². The Morgan fingerprint density at radius 2 is 1.44 bits per heavy atom. The summed E-state index contributed by atoms with van der Waals surface area (Å²) in [5.41, 5.74) is 0. The molecular formula is C22H35IO2. The second kappa shape index (κ2) is 14.6. The van der Waals surface area contributed by atoms with Crippen LogP contribution in [0.1, 0.15) is 90.9 Å². The molecule has 0 aliphatic carbocycles. The summed E-state index contributed by atoms with van der Waals surface area (Å²) in [5.74, 6) is 0.947. The van der Waals surface area contributed by atoms with Gasteiger partial charge in [0.25, 0.3) is 0 Å². The minimum Gasteiger partial charge on any atom is -0.427 e. The van der Waals surface area contributed by atoms with E-state index in [0.29, 0.717) is 18.1 Å². The van der Waals surface area contributed by atoms with E-state index in [1.807, 2.05) is 24.3 Å². The van der Waals surface area contributed by atoms with E-state index < -0.39 is 0 Å². The molecule has 0 amide bonds. The summed E-state index contributed by atoms with van der Waals surface area (Å²) in [6.07, 6.45) is 15.2. The number of halogens is 1. The van der Waals surface area contributed by atoms with Gasteiger partial charge in [0, 0.05) is 9.99 Å². The van der Waals surface area contributed by atoms with Crippen LogP contribution in [0, 0.1) is 9.49 Å². The number of hydrogen-bond acceptors (Lipinski definition) is 2. The first-order chi connectivity index (χ1) is 12.1. The van der Waals surface area contributed by atoms with E-state index >= 15 is 0 Å². The molecule has 2 nitrogen and oxygen atoms in total. The lowest BCUT2D eigenvalue weighted by molar-refractivity contribution is -0.135. The van der Waals surface area contributed by atoms with E-state index in [1.165, 1.54) is 64.2 Å². The van der Waals surface area contributed by atoms with E-state index in [0.717, 1.165) is 9.99 Å². The number of rotatable bonds is 14. The van der Waals surface area contributed by atoms with Crippen molar-refractivity contribution in [2.75, 3.05) is 0 Å². The molecule has 1 atom stereocenters. The van der Waals surface area contributed by atoms with Crippen LogP contribution in [-0.2, 0) is 4.79 Å². The number of carbonyl (C=O) groups excluding carboxylic acids is 1. The monoisotopic (exact) mass is 458 g/mol. The maximum absolute atomic E-state index is 12.0. The molecule has 0 bridgehead atoms. The van der Waals surface area contributed by atoms with Crippen molar-refractivity contribution in [3.05, 3.63) is 27.8 Å². The fourth-order valence-electron chi connectivity index (χ4n) is 3.04. The first-order valence-corrected chi connectivity index (χ1v) is 11.2. The summed E-state index contributed by atoms with van der Waals surface area (Å²) in [6, 6.07) is 7.62. The van der Waals surface area contributed by atoms with Gasteiger partial charge in [0.05, 0.1) is 0 Å². The van der Waals surface area contributed by atoms with E-state index in [1.54, 1.807) is 0 Å². The molecule has 0 fully saturated rings. The van der Waals surface area contributed by atoms with Crippen LogP contribution in [0.25, 0.3) is 0 Å². The summed E-state index contributed by atoms with van der Waals surface area (Å²) < 4.78 is 6.54. The van der Waals surface area contributed by atoms with Crippen molar-refractivity contribution in [1.82, 2.24) is 0 Å². The molecule has 0 aromatic heterocycles. The molecule has 0 spiro atoms. The standard InChI is InChI=1S/C22H35IO2/c1-3-4-5-6-7-8-9-10-11-12-13-19(2)18-22(24)25-21-16-14-20(23)15-17-21/h14-17,19H,3-13,18H2,1-2H3. The molecule has 1 rings (SSSR count). The highest BCUT2D eigenvalue weighted by atomic mass is 127. The third kappa shape index (κ3) is 12.4. The van der Waals surface area contributed by atoms with Crippen LogP contribution >= 0.6 is 22.6 Å². The van der Waals surface area contributed by atoms with Gasteiger partial charge in [0.2, 0.25) is 0 Å². The SMILES string of the molecule is CCCCCCCCCCCCC(C)CC(=O)Oc1ccc(I)cc1. The van der Waals surface area contributed by atoms with Crippen LogP contribution in [0.3, 0.4) is 0 Å². The van der Waals surface area contributed by atoms with Crippen LogP contribution in [0.2, 0.25) is 0 Å². The van der Waals surface area contributed by atoms with Gasteiger partial charge in [-0.3, -0.25) is 4.79 Å². The Morgan fingerprint density at radius 3 is 2.00 bits per heavy atom. The zero-order valence-corrected chi connectivity index (χ0v) is 18.2. The Labute approximate surface area is 168 Å². The first kappa shape index (κ1) is 22.5. The average Bonchev–Trinajstić information content (AvgIpc) is 2.58. The number of hydrogen-bond donors (Lipinski definition) is 0. The molecule has 142 valence electrons. The fourth-order valence-corrected chi connectivity index (χ4v) is 3.40. The predicted molar refractivity (Wildman–Crippen MR) is 115 cm³/mol. The summed E-state index contributed by atoms with van der Waals surface area (Å²) in [6.45, 7) is 4.42. The Morgan fingerprint density at radius 1 is 0.920 bits per heavy atom. The van der Waals surface area contributed by atoms with Gasteiger partial charge in [-0.15, -0.1) is 0 Å². The van der Waals surface area contributed by atoms with E-state index in [2.05, 4.69) is 36.4 Å². The maximum atomic E-state index is 12.0. The summed E-state index contributed by atoms with van der Waals surface area (Å²) in [5, 5.41) is 0. The third-order valence-electron chi connectivity index (χ3n) is 4.61. The topological polar surface area (TPSA) is 26.3 Å². The lowest BCUT2D eigenvalue weighted by Crippen LogP contribution is -2.12. The van der Waals surface area contributed by atoms with Crippen LogP contribution in [-0.4, -0.2) is 5.97 Å². The minimum absolute atomic E-state index is 0.110. The van der Waals surface area contributed by atoms with Crippen molar-refractivity contribution in [2.24, 2.45) is 5.92 Å². The van der Waals surface area contributed by atoms with Gasteiger partial charge >= 0.3 is 5.97 Å². The van der Waals surface area contributed by atoms with Gasteiger partial charge < -0.3 is 4.74 Å². The highest BCUT2D eigenvalue weighted by Crippen LogP contribution is 2.18. The lowest BCUT2D eigenvalue weighted by Gasteiger charge is -2.11. The summed E-state index contributed by atoms with van der Waals surface area (Å²) >= 11 is 2.24. The molecule has 1 unspecified atom stereocenters. The lowest BCUT2D eigenvalue weighted by atomic mass is 9.99.